The van der Waals surface area contributed by atoms with Gasteiger partial charge in [0.2, 0.25) is 0 Å². The zero-order valence-electron chi connectivity index (χ0n) is 11.0. The number of carbonyl (C=O) groups is 2. The highest BCUT2D eigenvalue weighted by Crippen LogP contribution is 2.32. The molecule has 2 heterocycles. The number of rotatable bonds is 2. The molecule has 1 aliphatic heterocycles. The Morgan fingerprint density at radius 2 is 2.05 bits per heavy atom. The maximum atomic E-state index is 11.6. The molecule has 0 spiro atoms. The van der Waals surface area contributed by atoms with Gasteiger partial charge in [0, 0.05) is 38.3 Å². The van der Waals surface area contributed by atoms with Crippen LogP contribution in [0, 0.1) is 5.92 Å². The van der Waals surface area contributed by atoms with Gasteiger partial charge in [-0.1, -0.05) is 0 Å². The number of pyridine rings is 1. The van der Waals surface area contributed by atoms with Crippen LogP contribution in [0.25, 0.3) is 0 Å². The fourth-order valence-electron chi connectivity index (χ4n) is 2.57. The van der Waals surface area contributed by atoms with Gasteiger partial charge >= 0.3 is 12.1 Å². The number of aryl methyl sites for hydroxylation is 1. The SMILES string of the molecule is Cn1ccc(C2CCN(C(=O)O)CC2C(=O)O)cc1=O. The Hall–Kier alpha value is -2.31. The summed E-state index contributed by atoms with van der Waals surface area (Å²) in [6, 6.07) is 3.15. The van der Waals surface area contributed by atoms with E-state index in [1.165, 1.54) is 10.6 Å². The van der Waals surface area contributed by atoms with Crippen molar-refractivity contribution < 1.29 is 19.8 Å². The van der Waals surface area contributed by atoms with Crippen molar-refractivity contribution >= 4 is 12.1 Å². The quantitative estimate of drug-likeness (QED) is 0.824. The number of hydrogen-bond acceptors (Lipinski definition) is 3. The van der Waals surface area contributed by atoms with Gasteiger partial charge < -0.3 is 19.7 Å². The van der Waals surface area contributed by atoms with E-state index >= 15 is 0 Å². The molecule has 1 saturated heterocycles. The van der Waals surface area contributed by atoms with E-state index < -0.39 is 18.0 Å². The minimum atomic E-state index is -1.11. The Labute approximate surface area is 115 Å². The third-order valence-electron chi connectivity index (χ3n) is 3.76. The molecule has 2 unspecified atom stereocenters. The predicted octanol–water partition coefficient (Wildman–Crippen LogP) is 0.553. The molecule has 20 heavy (non-hydrogen) atoms. The molecule has 1 aromatic heterocycles. The average molecular weight is 280 g/mol. The molecule has 1 amide bonds. The summed E-state index contributed by atoms with van der Waals surface area (Å²) in [5, 5.41) is 18.2. The monoisotopic (exact) mass is 280 g/mol. The third kappa shape index (κ3) is 2.66. The van der Waals surface area contributed by atoms with Crippen LogP contribution in [0.15, 0.2) is 23.1 Å². The lowest BCUT2D eigenvalue weighted by Crippen LogP contribution is -2.45. The molecule has 1 aromatic rings. The van der Waals surface area contributed by atoms with Gasteiger partial charge in [-0.15, -0.1) is 0 Å². The molecule has 0 saturated carbocycles. The Bertz CT molecular complexity index is 595. The molecule has 0 radical (unpaired) electrons. The highest BCUT2D eigenvalue weighted by Gasteiger charge is 2.37. The number of amides is 1. The van der Waals surface area contributed by atoms with Crippen molar-refractivity contribution in [1.82, 2.24) is 9.47 Å². The van der Waals surface area contributed by atoms with Gasteiger partial charge in [0.25, 0.3) is 5.56 Å². The van der Waals surface area contributed by atoms with Crippen molar-refractivity contribution in [2.75, 3.05) is 13.1 Å². The fourth-order valence-corrected chi connectivity index (χ4v) is 2.57. The van der Waals surface area contributed by atoms with Gasteiger partial charge in [0.15, 0.2) is 0 Å². The van der Waals surface area contributed by atoms with Crippen LogP contribution in [0.4, 0.5) is 4.79 Å². The number of carboxylic acids is 1. The van der Waals surface area contributed by atoms with Crippen molar-refractivity contribution in [3.63, 3.8) is 0 Å². The molecule has 7 nitrogen and oxygen atoms in total. The summed E-state index contributed by atoms with van der Waals surface area (Å²) in [5.41, 5.74) is 0.456. The Morgan fingerprint density at radius 1 is 1.35 bits per heavy atom. The van der Waals surface area contributed by atoms with E-state index in [9.17, 15) is 19.5 Å². The summed E-state index contributed by atoms with van der Waals surface area (Å²) in [5.74, 6) is -2.20. The number of aromatic nitrogens is 1. The topological polar surface area (TPSA) is 99.8 Å². The molecular formula is C13H16N2O5. The molecule has 1 aliphatic rings. The zero-order chi connectivity index (χ0) is 14.9. The van der Waals surface area contributed by atoms with E-state index in [1.54, 1.807) is 19.3 Å². The third-order valence-corrected chi connectivity index (χ3v) is 3.76. The number of carboxylic acid groups (broad SMARTS) is 2. The van der Waals surface area contributed by atoms with Crippen LogP contribution < -0.4 is 5.56 Å². The van der Waals surface area contributed by atoms with E-state index in [2.05, 4.69) is 0 Å². The lowest BCUT2D eigenvalue weighted by atomic mass is 9.81. The molecule has 2 N–H and O–H groups in total. The standard InChI is InChI=1S/C13H16N2O5/c1-14-4-2-8(6-11(14)16)9-3-5-15(13(19)20)7-10(9)12(17)18/h2,4,6,9-10H,3,5,7H2,1H3,(H,17,18)(H,19,20). The smallest absolute Gasteiger partial charge is 0.407 e. The lowest BCUT2D eigenvalue weighted by Gasteiger charge is -2.35. The highest BCUT2D eigenvalue weighted by atomic mass is 16.4. The second-order valence-corrected chi connectivity index (χ2v) is 4.98. The second-order valence-electron chi connectivity index (χ2n) is 4.98. The normalized spacial score (nSPS) is 22.6. The second kappa shape index (κ2) is 5.36. The first-order chi connectivity index (χ1) is 9.40. The fraction of sp³-hybridized carbons (Fsp3) is 0.462. The zero-order valence-corrected chi connectivity index (χ0v) is 11.0. The van der Waals surface area contributed by atoms with Crippen LogP contribution >= 0.6 is 0 Å². The maximum absolute atomic E-state index is 11.6. The van der Waals surface area contributed by atoms with Crippen molar-refractivity contribution in [3.8, 4) is 0 Å². The summed E-state index contributed by atoms with van der Waals surface area (Å²) < 4.78 is 1.41. The van der Waals surface area contributed by atoms with Crippen LogP contribution in [-0.4, -0.2) is 44.8 Å². The molecule has 2 rings (SSSR count). The first kappa shape index (κ1) is 14.1. The van der Waals surface area contributed by atoms with Gasteiger partial charge in [-0.05, 0) is 18.1 Å². The predicted molar refractivity (Wildman–Crippen MR) is 69.8 cm³/mol. The van der Waals surface area contributed by atoms with Crippen LogP contribution in [0.5, 0.6) is 0 Å². The number of aliphatic carboxylic acids is 1. The molecule has 7 heteroatoms. The van der Waals surface area contributed by atoms with E-state index in [-0.39, 0.29) is 24.6 Å². The van der Waals surface area contributed by atoms with Crippen molar-refractivity contribution in [3.05, 3.63) is 34.2 Å². The summed E-state index contributed by atoms with van der Waals surface area (Å²) in [7, 11) is 1.62. The number of nitrogens with zero attached hydrogens (tertiary/aromatic N) is 2. The van der Waals surface area contributed by atoms with Gasteiger partial charge in [-0.25, -0.2) is 4.79 Å². The van der Waals surface area contributed by atoms with Gasteiger partial charge in [0.05, 0.1) is 5.92 Å². The van der Waals surface area contributed by atoms with Gasteiger partial charge in [-0.2, -0.15) is 0 Å². The molecule has 1 fully saturated rings. The van der Waals surface area contributed by atoms with Crippen LogP contribution in [0.3, 0.4) is 0 Å². The highest BCUT2D eigenvalue weighted by molar-refractivity contribution is 5.74. The molecular weight excluding hydrogens is 264 g/mol. The number of likely N-dealkylation sites (tertiary alicyclic amines) is 1. The molecule has 2 atom stereocenters. The Balaban J connectivity index is 2.30. The van der Waals surface area contributed by atoms with Crippen LogP contribution in [0.1, 0.15) is 17.9 Å². The first-order valence-electron chi connectivity index (χ1n) is 6.27. The summed E-state index contributed by atoms with van der Waals surface area (Å²) >= 11 is 0. The molecule has 0 aromatic carbocycles. The lowest BCUT2D eigenvalue weighted by molar-refractivity contribution is -0.144. The first-order valence-corrected chi connectivity index (χ1v) is 6.27. The van der Waals surface area contributed by atoms with Crippen molar-refractivity contribution in [2.24, 2.45) is 13.0 Å². The van der Waals surface area contributed by atoms with Crippen LogP contribution in [0.2, 0.25) is 0 Å². The maximum Gasteiger partial charge on any atom is 0.407 e. The number of hydrogen-bond donors (Lipinski definition) is 2. The Kier molecular flexibility index (Phi) is 3.78. The molecule has 0 aliphatic carbocycles. The minimum absolute atomic E-state index is 0.0510. The summed E-state index contributed by atoms with van der Waals surface area (Å²) in [6.45, 7) is 0.226. The van der Waals surface area contributed by atoms with Crippen molar-refractivity contribution in [2.45, 2.75) is 12.3 Å². The van der Waals surface area contributed by atoms with Gasteiger partial charge in [0.1, 0.15) is 0 Å². The summed E-state index contributed by atoms with van der Waals surface area (Å²) in [4.78, 5) is 35.0. The van der Waals surface area contributed by atoms with Crippen molar-refractivity contribution in [1.29, 1.82) is 0 Å². The minimum Gasteiger partial charge on any atom is -0.481 e. The van der Waals surface area contributed by atoms with Gasteiger partial charge in [-0.3, -0.25) is 9.59 Å². The average Bonchev–Trinajstić information content (AvgIpc) is 2.41. The van der Waals surface area contributed by atoms with E-state index in [0.717, 1.165) is 4.90 Å². The van der Waals surface area contributed by atoms with Crippen LogP contribution in [-0.2, 0) is 11.8 Å². The summed E-state index contributed by atoms with van der Waals surface area (Å²) in [6.07, 6.45) is 0.884. The Morgan fingerprint density at radius 3 is 2.60 bits per heavy atom. The number of piperidine rings is 1. The van der Waals surface area contributed by atoms with E-state index in [4.69, 9.17) is 5.11 Å². The molecule has 108 valence electrons. The largest absolute Gasteiger partial charge is 0.481 e. The van der Waals surface area contributed by atoms with E-state index in [0.29, 0.717) is 12.0 Å². The van der Waals surface area contributed by atoms with E-state index in [1.807, 2.05) is 0 Å². The molecule has 0 bridgehead atoms.